The first-order chi connectivity index (χ1) is 6.68. The summed E-state index contributed by atoms with van der Waals surface area (Å²) in [6.07, 6.45) is 5.69. The first-order valence-corrected chi connectivity index (χ1v) is 6.18. The molecule has 2 nitrogen and oxygen atoms in total. The molecule has 0 bridgehead atoms. The average molecular weight is 196 g/mol. The highest BCUT2D eigenvalue weighted by Gasteiger charge is 2.34. The van der Waals surface area contributed by atoms with Crippen LogP contribution < -0.4 is 5.73 Å². The second kappa shape index (κ2) is 4.19. The topological polar surface area (TPSA) is 29.3 Å². The molecule has 2 heteroatoms. The molecule has 0 aromatic rings. The van der Waals surface area contributed by atoms with Gasteiger partial charge in [0.1, 0.15) is 0 Å². The molecule has 1 heterocycles. The van der Waals surface area contributed by atoms with E-state index in [1.54, 1.807) is 0 Å². The Balaban J connectivity index is 1.94. The normalized spacial score (nSPS) is 45.6. The maximum Gasteiger partial charge on any atom is 0.0206 e. The van der Waals surface area contributed by atoms with Gasteiger partial charge < -0.3 is 5.73 Å². The zero-order valence-corrected chi connectivity index (χ0v) is 9.58. The van der Waals surface area contributed by atoms with Crippen molar-refractivity contribution < 1.29 is 0 Å². The molecule has 82 valence electrons. The summed E-state index contributed by atoms with van der Waals surface area (Å²) in [5.41, 5.74) is 6.08. The van der Waals surface area contributed by atoms with E-state index in [1.807, 2.05) is 0 Å². The van der Waals surface area contributed by atoms with Crippen LogP contribution in [0.3, 0.4) is 0 Å². The van der Waals surface area contributed by atoms with Crippen LogP contribution in [0.4, 0.5) is 0 Å². The van der Waals surface area contributed by atoms with Crippen molar-refractivity contribution in [2.75, 3.05) is 13.1 Å². The minimum absolute atomic E-state index is 0.420. The van der Waals surface area contributed by atoms with E-state index in [9.17, 15) is 0 Å². The number of rotatable bonds is 1. The lowest BCUT2D eigenvalue weighted by atomic mass is 9.85. The number of hydrogen-bond acceptors (Lipinski definition) is 2. The van der Waals surface area contributed by atoms with E-state index in [-0.39, 0.29) is 0 Å². The number of likely N-dealkylation sites (tertiary alicyclic amines) is 1. The highest BCUT2D eigenvalue weighted by molar-refractivity contribution is 4.90. The molecule has 1 aliphatic carbocycles. The predicted molar refractivity (Wildman–Crippen MR) is 60.1 cm³/mol. The van der Waals surface area contributed by atoms with E-state index in [0.29, 0.717) is 12.0 Å². The van der Waals surface area contributed by atoms with Gasteiger partial charge in [-0.1, -0.05) is 26.7 Å². The van der Waals surface area contributed by atoms with E-state index in [2.05, 4.69) is 18.7 Å². The summed E-state index contributed by atoms with van der Waals surface area (Å²) in [6.45, 7) is 7.07. The van der Waals surface area contributed by atoms with Gasteiger partial charge in [-0.3, -0.25) is 4.90 Å². The lowest BCUT2D eigenvalue weighted by molar-refractivity contribution is 0.134. The van der Waals surface area contributed by atoms with Crippen molar-refractivity contribution in [3.05, 3.63) is 0 Å². The Hall–Kier alpha value is -0.0800. The van der Waals surface area contributed by atoms with Crippen LogP contribution in [0.25, 0.3) is 0 Å². The molecule has 0 spiro atoms. The fourth-order valence-corrected chi connectivity index (χ4v) is 3.14. The van der Waals surface area contributed by atoms with Crippen LogP contribution in [0.2, 0.25) is 0 Å². The largest absolute Gasteiger partial charge is 0.326 e. The van der Waals surface area contributed by atoms with Crippen molar-refractivity contribution in [1.82, 2.24) is 4.90 Å². The van der Waals surface area contributed by atoms with E-state index < -0.39 is 0 Å². The third-order valence-corrected chi connectivity index (χ3v) is 4.23. The Bertz CT molecular complexity index is 183. The fourth-order valence-electron chi connectivity index (χ4n) is 3.14. The molecule has 4 atom stereocenters. The van der Waals surface area contributed by atoms with Gasteiger partial charge in [-0.25, -0.2) is 0 Å². The van der Waals surface area contributed by atoms with E-state index >= 15 is 0 Å². The second-order valence-electron chi connectivity index (χ2n) is 5.42. The van der Waals surface area contributed by atoms with Gasteiger partial charge in [0.2, 0.25) is 0 Å². The standard InChI is InChI=1S/C12H24N2/c1-9-5-3-4-6-12(9)14-7-10(2)11(13)8-14/h9-12H,3-8,13H2,1-2H3. The monoisotopic (exact) mass is 196 g/mol. The molecule has 1 saturated heterocycles. The molecule has 0 radical (unpaired) electrons. The molecule has 2 fully saturated rings. The Morgan fingerprint density at radius 2 is 1.71 bits per heavy atom. The minimum atomic E-state index is 0.420. The fraction of sp³-hybridized carbons (Fsp3) is 1.00. The maximum atomic E-state index is 6.08. The predicted octanol–water partition coefficient (Wildman–Crippen LogP) is 1.84. The molecule has 0 amide bonds. The van der Waals surface area contributed by atoms with E-state index in [1.165, 1.54) is 32.2 Å². The van der Waals surface area contributed by atoms with Crippen LogP contribution in [-0.4, -0.2) is 30.1 Å². The molecular weight excluding hydrogens is 172 g/mol. The Morgan fingerprint density at radius 3 is 2.29 bits per heavy atom. The average Bonchev–Trinajstić information content (AvgIpc) is 2.48. The van der Waals surface area contributed by atoms with Gasteiger partial charge in [0.05, 0.1) is 0 Å². The summed E-state index contributed by atoms with van der Waals surface area (Å²) in [6, 6.07) is 1.25. The summed E-state index contributed by atoms with van der Waals surface area (Å²) in [5, 5.41) is 0. The van der Waals surface area contributed by atoms with Crippen molar-refractivity contribution in [3.8, 4) is 0 Å². The van der Waals surface area contributed by atoms with Crippen molar-refractivity contribution in [2.24, 2.45) is 17.6 Å². The Morgan fingerprint density at radius 1 is 1.00 bits per heavy atom. The first kappa shape index (κ1) is 10.4. The van der Waals surface area contributed by atoms with E-state index in [4.69, 9.17) is 5.73 Å². The molecule has 0 aromatic carbocycles. The molecule has 0 aromatic heterocycles. The minimum Gasteiger partial charge on any atom is -0.326 e. The van der Waals surface area contributed by atoms with Gasteiger partial charge in [-0.05, 0) is 24.7 Å². The summed E-state index contributed by atoms with van der Waals surface area (Å²) in [7, 11) is 0. The third kappa shape index (κ3) is 1.96. The first-order valence-electron chi connectivity index (χ1n) is 6.18. The molecular formula is C12H24N2. The molecule has 2 rings (SSSR count). The SMILES string of the molecule is CC1CN(C2CCCCC2C)CC1N. The molecule has 2 N–H and O–H groups in total. The van der Waals surface area contributed by atoms with Gasteiger partial charge >= 0.3 is 0 Å². The summed E-state index contributed by atoms with van der Waals surface area (Å²) in [5.74, 6) is 1.59. The van der Waals surface area contributed by atoms with Gasteiger partial charge in [-0.15, -0.1) is 0 Å². The van der Waals surface area contributed by atoms with Crippen LogP contribution in [0.5, 0.6) is 0 Å². The van der Waals surface area contributed by atoms with Gasteiger partial charge in [0.15, 0.2) is 0 Å². The number of nitrogens with zero attached hydrogens (tertiary/aromatic N) is 1. The van der Waals surface area contributed by atoms with Crippen LogP contribution in [0.1, 0.15) is 39.5 Å². The smallest absolute Gasteiger partial charge is 0.0206 e. The lowest BCUT2D eigenvalue weighted by Crippen LogP contribution is -2.41. The van der Waals surface area contributed by atoms with Crippen LogP contribution in [0.15, 0.2) is 0 Å². The van der Waals surface area contributed by atoms with Crippen LogP contribution >= 0.6 is 0 Å². The number of nitrogens with two attached hydrogens (primary N) is 1. The molecule has 1 saturated carbocycles. The third-order valence-electron chi connectivity index (χ3n) is 4.23. The molecule has 2 aliphatic rings. The zero-order valence-electron chi connectivity index (χ0n) is 9.58. The summed E-state index contributed by atoms with van der Waals surface area (Å²) < 4.78 is 0. The van der Waals surface area contributed by atoms with Gasteiger partial charge in [0.25, 0.3) is 0 Å². The maximum absolute atomic E-state index is 6.08. The highest BCUT2D eigenvalue weighted by atomic mass is 15.2. The summed E-state index contributed by atoms with van der Waals surface area (Å²) >= 11 is 0. The van der Waals surface area contributed by atoms with Crippen LogP contribution in [-0.2, 0) is 0 Å². The highest BCUT2D eigenvalue weighted by Crippen LogP contribution is 2.31. The molecule has 1 aliphatic heterocycles. The van der Waals surface area contributed by atoms with E-state index in [0.717, 1.165) is 18.5 Å². The quantitative estimate of drug-likeness (QED) is 0.693. The molecule has 4 unspecified atom stereocenters. The van der Waals surface area contributed by atoms with Crippen LogP contribution in [0, 0.1) is 11.8 Å². The van der Waals surface area contributed by atoms with Crippen molar-refractivity contribution in [2.45, 2.75) is 51.6 Å². The van der Waals surface area contributed by atoms with Gasteiger partial charge in [0, 0.05) is 25.2 Å². The Kier molecular flexibility index (Phi) is 3.13. The second-order valence-corrected chi connectivity index (χ2v) is 5.42. The summed E-state index contributed by atoms with van der Waals surface area (Å²) in [4.78, 5) is 2.65. The van der Waals surface area contributed by atoms with Crippen molar-refractivity contribution in [3.63, 3.8) is 0 Å². The van der Waals surface area contributed by atoms with Crippen molar-refractivity contribution in [1.29, 1.82) is 0 Å². The Labute approximate surface area is 87.8 Å². The molecule has 14 heavy (non-hydrogen) atoms. The zero-order chi connectivity index (χ0) is 10.1. The van der Waals surface area contributed by atoms with Crippen molar-refractivity contribution >= 4 is 0 Å². The lowest BCUT2D eigenvalue weighted by Gasteiger charge is -2.36. The van der Waals surface area contributed by atoms with Gasteiger partial charge in [-0.2, -0.15) is 0 Å². The number of hydrogen-bond donors (Lipinski definition) is 1.